The molecule has 1 N–H and O–H groups in total. The molecular weight excluding hydrogens is 454 g/mol. The second-order valence-corrected chi connectivity index (χ2v) is 10.6. The van der Waals surface area contributed by atoms with E-state index >= 15 is 0 Å². The Bertz CT molecular complexity index is 1250. The molecule has 0 spiro atoms. The fourth-order valence-electron chi connectivity index (χ4n) is 5.21. The van der Waals surface area contributed by atoms with Gasteiger partial charge in [0.1, 0.15) is 5.69 Å². The number of fused-ring (bicyclic) bond motifs is 1. The molecule has 0 amide bonds. The Morgan fingerprint density at radius 1 is 1.00 bits per heavy atom. The Hall–Kier alpha value is -2.97. The quantitative estimate of drug-likeness (QED) is 0.392. The first kappa shape index (κ1) is 22.5. The molecule has 1 aromatic carbocycles. The van der Waals surface area contributed by atoms with Crippen molar-refractivity contribution >= 4 is 27.2 Å². The summed E-state index contributed by atoms with van der Waals surface area (Å²) in [4.78, 5) is 15.2. The second kappa shape index (κ2) is 9.95. The number of piperazine rings is 1. The molecule has 1 saturated carbocycles. The van der Waals surface area contributed by atoms with Crippen LogP contribution in [-0.4, -0.2) is 56.7 Å². The summed E-state index contributed by atoms with van der Waals surface area (Å²) in [7, 11) is 0. The van der Waals surface area contributed by atoms with Crippen molar-refractivity contribution < 1.29 is 0 Å². The van der Waals surface area contributed by atoms with Gasteiger partial charge in [-0.3, -0.25) is 9.88 Å². The summed E-state index contributed by atoms with van der Waals surface area (Å²) in [6, 6.07) is 13.5. The fraction of sp³-hybridized carbons (Fsp3) is 0.444. The Kier molecular flexibility index (Phi) is 6.39. The zero-order chi connectivity index (χ0) is 23.6. The van der Waals surface area contributed by atoms with Gasteiger partial charge >= 0.3 is 0 Å². The van der Waals surface area contributed by atoms with Gasteiger partial charge in [0.05, 0.1) is 0 Å². The van der Waals surface area contributed by atoms with Crippen molar-refractivity contribution in [3.05, 3.63) is 59.9 Å². The van der Waals surface area contributed by atoms with Gasteiger partial charge < -0.3 is 10.2 Å². The molecule has 8 heteroatoms. The van der Waals surface area contributed by atoms with E-state index in [1.807, 2.05) is 18.5 Å². The lowest BCUT2D eigenvalue weighted by Gasteiger charge is -2.34. The first-order valence-electron chi connectivity index (χ1n) is 12.9. The highest BCUT2D eigenvalue weighted by Gasteiger charge is 2.25. The van der Waals surface area contributed by atoms with Crippen LogP contribution in [0, 0.1) is 0 Å². The van der Waals surface area contributed by atoms with E-state index in [-0.39, 0.29) is 0 Å². The van der Waals surface area contributed by atoms with Crippen molar-refractivity contribution in [3.8, 4) is 11.3 Å². The molecule has 0 atom stereocenters. The SMILES string of the molecule is CCc1ccc(-c2nc3sc(N4CCN(Cc5cccnc5)CC4)nn3c2NC2CCCC2)cc1. The molecule has 35 heavy (non-hydrogen) atoms. The normalized spacial score (nSPS) is 17.5. The number of hydrogen-bond acceptors (Lipinski definition) is 7. The molecule has 1 aliphatic heterocycles. The average molecular weight is 488 g/mol. The first-order chi connectivity index (χ1) is 17.3. The average Bonchev–Trinajstić information content (AvgIpc) is 3.64. The molecule has 4 heterocycles. The molecule has 0 unspecified atom stereocenters. The molecule has 182 valence electrons. The molecule has 2 fully saturated rings. The fourth-order valence-corrected chi connectivity index (χ4v) is 6.16. The number of aryl methyl sites for hydroxylation is 1. The first-order valence-corrected chi connectivity index (χ1v) is 13.7. The molecule has 3 aromatic heterocycles. The van der Waals surface area contributed by atoms with E-state index in [2.05, 4.69) is 61.9 Å². The summed E-state index contributed by atoms with van der Waals surface area (Å²) in [6.07, 6.45) is 9.88. The van der Waals surface area contributed by atoms with Gasteiger partial charge in [0, 0.05) is 56.7 Å². The lowest BCUT2D eigenvalue weighted by molar-refractivity contribution is 0.249. The van der Waals surface area contributed by atoms with Gasteiger partial charge in [-0.15, -0.1) is 5.10 Å². The number of benzene rings is 1. The molecule has 6 rings (SSSR count). The summed E-state index contributed by atoms with van der Waals surface area (Å²) in [6.45, 7) is 7.16. The predicted molar refractivity (Wildman–Crippen MR) is 143 cm³/mol. The van der Waals surface area contributed by atoms with Gasteiger partial charge in [0.15, 0.2) is 5.82 Å². The predicted octanol–water partition coefficient (Wildman–Crippen LogP) is 5.09. The molecule has 4 aromatic rings. The van der Waals surface area contributed by atoms with Crippen molar-refractivity contribution in [3.63, 3.8) is 0 Å². The lowest BCUT2D eigenvalue weighted by Crippen LogP contribution is -2.46. The van der Waals surface area contributed by atoms with Crippen LogP contribution in [-0.2, 0) is 13.0 Å². The maximum atomic E-state index is 5.08. The molecule has 1 aliphatic carbocycles. The van der Waals surface area contributed by atoms with E-state index in [0.717, 1.165) is 66.3 Å². The van der Waals surface area contributed by atoms with Crippen LogP contribution in [0.3, 0.4) is 0 Å². The third-order valence-corrected chi connectivity index (χ3v) is 8.27. The summed E-state index contributed by atoms with van der Waals surface area (Å²) in [5, 5.41) is 9.96. The van der Waals surface area contributed by atoms with Crippen LogP contribution in [0.5, 0.6) is 0 Å². The van der Waals surface area contributed by atoms with Gasteiger partial charge in [-0.1, -0.05) is 61.4 Å². The summed E-state index contributed by atoms with van der Waals surface area (Å²) in [5.74, 6) is 1.05. The maximum Gasteiger partial charge on any atom is 0.216 e. The number of pyridine rings is 1. The highest BCUT2D eigenvalue weighted by molar-refractivity contribution is 7.20. The number of nitrogens with one attached hydrogen (secondary N) is 1. The van der Waals surface area contributed by atoms with Gasteiger partial charge in [0.2, 0.25) is 10.1 Å². The maximum absolute atomic E-state index is 5.08. The summed E-state index contributed by atoms with van der Waals surface area (Å²) in [5.41, 5.74) is 4.80. The zero-order valence-corrected chi connectivity index (χ0v) is 21.2. The van der Waals surface area contributed by atoms with E-state index in [1.165, 1.54) is 36.8 Å². The second-order valence-electron chi connectivity index (χ2n) is 9.69. The van der Waals surface area contributed by atoms with Crippen LogP contribution in [0.15, 0.2) is 48.8 Å². The van der Waals surface area contributed by atoms with Crippen LogP contribution in [0.2, 0.25) is 0 Å². The molecule has 0 radical (unpaired) electrons. The summed E-state index contributed by atoms with van der Waals surface area (Å²) >= 11 is 1.70. The highest BCUT2D eigenvalue weighted by Crippen LogP contribution is 2.35. The van der Waals surface area contributed by atoms with Gasteiger partial charge in [-0.05, 0) is 36.5 Å². The zero-order valence-electron chi connectivity index (χ0n) is 20.4. The minimum absolute atomic E-state index is 0.504. The third-order valence-electron chi connectivity index (χ3n) is 7.30. The number of imidazole rings is 1. The minimum Gasteiger partial charge on any atom is -0.365 e. The standard InChI is InChI=1S/C27H33N7S/c1-2-20-9-11-22(12-10-20)24-25(29-23-7-3-4-8-23)34-26(30-24)35-27(31-34)33-16-14-32(15-17-33)19-21-6-5-13-28-18-21/h5-6,9-13,18,23,29H,2-4,7-8,14-17,19H2,1H3. The molecule has 2 aliphatic rings. The van der Waals surface area contributed by atoms with Crippen LogP contribution >= 0.6 is 11.3 Å². The van der Waals surface area contributed by atoms with Crippen molar-refractivity contribution in [1.82, 2.24) is 24.5 Å². The summed E-state index contributed by atoms with van der Waals surface area (Å²) < 4.78 is 2.06. The van der Waals surface area contributed by atoms with Crippen LogP contribution in [0.4, 0.5) is 10.9 Å². The Morgan fingerprint density at radius 3 is 2.51 bits per heavy atom. The Balaban J connectivity index is 1.23. The smallest absolute Gasteiger partial charge is 0.216 e. The van der Waals surface area contributed by atoms with E-state index in [4.69, 9.17) is 10.1 Å². The largest absolute Gasteiger partial charge is 0.365 e. The monoisotopic (exact) mass is 487 g/mol. The molecule has 1 saturated heterocycles. The van der Waals surface area contributed by atoms with Crippen LogP contribution < -0.4 is 10.2 Å². The Morgan fingerprint density at radius 2 is 1.80 bits per heavy atom. The number of aromatic nitrogens is 4. The van der Waals surface area contributed by atoms with Gasteiger partial charge in [0.25, 0.3) is 0 Å². The molecular formula is C27H33N7S. The van der Waals surface area contributed by atoms with Gasteiger partial charge in [-0.25, -0.2) is 4.98 Å². The Labute approximate surface area is 210 Å². The number of anilines is 2. The van der Waals surface area contributed by atoms with Crippen LogP contribution in [0.25, 0.3) is 16.2 Å². The minimum atomic E-state index is 0.504. The van der Waals surface area contributed by atoms with Crippen molar-refractivity contribution in [2.24, 2.45) is 0 Å². The van der Waals surface area contributed by atoms with Crippen molar-refractivity contribution in [2.75, 3.05) is 36.4 Å². The lowest BCUT2D eigenvalue weighted by atomic mass is 10.1. The van der Waals surface area contributed by atoms with Crippen molar-refractivity contribution in [2.45, 2.75) is 51.6 Å². The van der Waals surface area contributed by atoms with E-state index in [9.17, 15) is 0 Å². The van der Waals surface area contributed by atoms with E-state index < -0.39 is 0 Å². The van der Waals surface area contributed by atoms with Crippen LogP contribution in [0.1, 0.15) is 43.7 Å². The molecule has 7 nitrogen and oxygen atoms in total. The number of rotatable bonds is 7. The van der Waals surface area contributed by atoms with Gasteiger partial charge in [-0.2, -0.15) is 4.52 Å². The molecule has 0 bridgehead atoms. The number of hydrogen-bond donors (Lipinski definition) is 1. The van der Waals surface area contributed by atoms with E-state index in [0.29, 0.717) is 6.04 Å². The topological polar surface area (TPSA) is 61.6 Å². The van der Waals surface area contributed by atoms with Crippen molar-refractivity contribution in [1.29, 1.82) is 0 Å². The van der Waals surface area contributed by atoms with E-state index in [1.54, 1.807) is 11.3 Å². The third kappa shape index (κ3) is 4.77. The number of nitrogens with zero attached hydrogens (tertiary/aromatic N) is 6. The highest BCUT2D eigenvalue weighted by atomic mass is 32.1.